The monoisotopic (exact) mass is 452 g/mol. The average molecular weight is 453 g/mol. The molecule has 34 heavy (non-hydrogen) atoms. The van der Waals surface area contributed by atoms with Crippen LogP contribution in [0.5, 0.6) is 5.75 Å². The van der Waals surface area contributed by atoms with Gasteiger partial charge in [0, 0.05) is 11.8 Å². The van der Waals surface area contributed by atoms with Gasteiger partial charge in [-0.1, -0.05) is 72.8 Å². The summed E-state index contributed by atoms with van der Waals surface area (Å²) in [6.07, 6.45) is 1.40. The standard InChI is InChI=1S/C28H24N2O4/c1-2-34-28(33)23-17-21(26(32)22-15-9-10-16-24(22)31)18-29-27(23)30-25(19-11-5-3-6-12-19)20-13-7-4-8-14-20/h3-18,25,31H,2H2,1H3,(H,29,30). The van der Waals surface area contributed by atoms with Gasteiger partial charge in [0.1, 0.15) is 17.1 Å². The van der Waals surface area contributed by atoms with Gasteiger partial charge in [-0.05, 0) is 36.2 Å². The molecule has 0 aliphatic rings. The zero-order valence-corrected chi connectivity index (χ0v) is 18.6. The Labute approximate surface area is 197 Å². The first-order chi connectivity index (χ1) is 16.6. The fourth-order valence-electron chi connectivity index (χ4n) is 3.68. The van der Waals surface area contributed by atoms with E-state index >= 15 is 0 Å². The Balaban J connectivity index is 1.76. The Kier molecular flexibility index (Phi) is 6.98. The fourth-order valence-corrected chi connectivity index (χ4v) is 3.68. The van der Waals surface area contributed by atoms with Gasteiger partial charge in [-0.15, -0.1) is 0 Å². The third kappa shape index (κ3) is 4.96. The van der Waals surface area contributed by atoms with E-state index in [1.54, 1.807) is 19.1 Å². The second-order valence-corrected chi connectivity index (χ2v) is 7.59. The van der Waals surface area contributed by atoms with Crippen LogP contribution in [0, 0.1) is 0 Å². The number of carbonyl (C=O) groups excluding carboxylic acids is 2. The number of ketones is 1. The number of ether oxygens (including phenoxy) is 1. The van der Waals surface area contributed by atoms with Crippen molar-refractivity contribution in [2.75, 3.05) is 11.9 Å². The molecule has 0 bridgehead atoms. The number of esters is 1. The molecule has 4 rings (SSSR count). The van der Waals surface area contributed by atoms with E-state index in [4.69, 9.17) is 4.74 Å². The van der Waals surface area contributed by atoms with E-state index in [-0.39, 0.29) is 35.1 Å². The molecule has 170 valence electrons. The normalized spacial score (nSPS) is 10.6. The lowest BCUT2D eigenvalue weighted by Gasteiger charge is -2.22. The summed E-state index contributed by atoms with van der Waals surface area (Å²) in [7, 11) is 0. The molecule has 1 heterocycles. The molecule has 6 heteroatoms. The lowest BCUT2D eigenvalue weighted by Crippen LogP contribution is -2.18. The number of aromatic hydroxyl groups is 1. The minimum atomic E-state index is -0.593. The van der Waals surface area contributed by atoms with Crippen molar-refractivity contribution in [2.24, 2.45) is 0 Å². The van der Waals surface area contributed by atoms with E-state index in [9.17, 15) is 14.7 Å². The van der Waals surface area contributed by atoms with E-state index < -0.39 is 11.8 Å². The van der Waals surface area contributed by atoms with Gasteiger partial charge < -0.3 is 15.2 Å². The molecule has 0 saturated heterocycles. The summed E-state index contributed by atoms with van der Waals surface area (Å²) < 4.78 is 5.25. The van der Waals surface area contributed by atoms with E-state index in [0.29, 0.717) is 5.82 Å². The van der Waals surface area contributed by atoms with Crippen molar-refractivity contribution >= 4 is 17.6 Å². The first-order valence-electron chi connectivity index (χ1n) is 10.9. The van der Waals surface area contributed by atoms with Gasteiger partial charge in [-0.2, -0.15) is 0 Å². The van der Waals surface area contributed by atoms with Gasteiger partial charge in [-0.25, -0.2) is 9.78 Å². The molecule has 0 atom stereocenters. The van der Waals surface area contributed by atoms with E-state index in [2.05, 4.69) is 10.3 Å². The summed E-state index contributed by atoms with van der Waals surface area (Å²) in [5.41, 5.74) is 2.41. The van der Waals surface area contributed by atoms with Crippen LogP contribution >= 0.6 is 0 Å². The molecule has 0 amide bonds. The van der Waals surface area contributed by atoms with E-state index in [1.165, 1.54) is 24.4 Å². The smallest absolute Gasteiger partial charge is 0.341 e. The summed E-state index contributed by atoms with van der Waals surface area (Å²) in [4.78, 5) is 30.3. The summed E-state index contributed by atoms with van der Waals surface area (Å²) in [6, 6.07) is 27.0. The molecule has 1 aromatic heterocycles. The number of hydrogen-bond acceptors (Lipinski definition) is 6. The van der Waals surface area contributed by atoms with Crippen LogP contribution in [0.25, 0.3) is 0 Å². The molecule has 3 aromatic carbocycles. The number of benzene rings is 3. The van der Waals surface area contributed by atoms with E-state index in [0.717, 1.165) is 11.1 Å². The largest absolute Gasteiger partial charge is 0.507 e. The van der Waals surface area contributed by atoms with Gasteiger partial charge >= 0.3 is 5.97 Å². The van der Waals surface area contributed by atoms with Crippen LogP contribution in [-0.2, 0) is 4.74 Å². The molecule has 0 radical (unpaired) electrons. The molecular weight excluding hydrogens is 428 g/mol. The summed E-state index contributed by atoms with van der Waals surface area (Å²) >= 11 is 0. The number of aromatic nitrogens is 1. The second-order valence-electron chi connectivity index (χ2n) is 7.59. The van der Waals surface area contributed by atoms with Crippen LogP contribution in [0.3, 0.4) is 0 Å². The van der Waals surface area contributed by atoms with Gasteiger partial charge in [0.2, 0.25) is 0 Å². The highest BCUT2D eigenvalue weighted by Crippen LogP contribution is 2.29. The van der Waals surface area contributed by atoms with Gasteiger partial charge in [0.15, 0.2) is 5.78 Å². The summed E-state index contributed by atoms with van der Waals surface area (Å²) in [5.74, 6) is -0.875. The first-order valence-corrected chi connectivity index (χ1v) is 10.9. The molecular formula is C28H24N2O4. The number of hydrogen-bond donors (Lipinski definition) is 2. The molecule has 0 unspecified atom stereocenters. The number of anilines is 1. The molecule has 0 fully saturated rings. The van der Waals surface area contributed by atoms with Crippen LogP contribution in [0.15, 0.2) is 97.2 Å². The Morgan fingerprint density at radius 1 is 0.882 bits per heavy atom. The number of rotatable bonds is 8. The Morgan fingerprint density at radius 2 is 1.47 bits per heavy atom. The highest BCUT2D eigenvalue weighted by atomic mass is 16.5. The number of pyridine rings is 1. The van der Waals surface area contributed by atoms with Crippen molar-refractivity contribution in [3.63, 3.8) is 0 Å². The minimum absolute atomic E-state index is 0.131. The van der Waals surface area contributed by atoms with Gasteiger partial charge in [-0.3, -0.25) is 4.79 Å². The Hall–Kier alpha value is -4.45. The minimum Gasteiger partial charge on any atom is -0.507 e. The second kappa shape index (κ2) is 10.4. The molecule has 0 aliphatic carbocycles. The predicted molar refractivity (Wildman–Crippen MR) is 130 cm³/mol. The molecule has 0 saturated carbocycles. The molecule has 4 aromatic rings. The third-order valence-electron chi connectivity index (χ3n) is 5.34. The zero-order valence-electron chi connectivity index (χ0n) is 18.6. The third-order valence-corrected chi connectivity index (χ3v) is 5.34. The van der Waals surface area contributed by atoms with Crippen molar-refractivity contribution in [3.8, 4) is 5.75 Å². The number of nitrogens with one attached hydrogen (secondary N) is 1. The van der Waals surface area contributed by atoms with Crippen LogP contribution < -0.4 is 5.32 Å². The topological polar surface area (TPSA) is 88.5 Å². The molecule has 2 N–H and O–H groups in total. The van der Waals surface area contributed by atoms with Crippen LogP contribution in [0.2, 0.25) is 0 Å². The van der Waals surface area contributed by atoms with Gasteiger partial charge in [0.05, 0.1) is 18.2 Å². The lowest BCUT2D eigenvalue weighted by molar-refractivity contribution is 0.0527. The average Bonchev–Trinajstić information content (AvgIpc) is 2.88. The maximum atomic E-state index is 13.0. The van der Waals surface area contributed by atoms with E-state index in [1.807, 2.05) is 60.7 Å². The SMILES string of the molecule is CCOC(=O)c1cc(C(=O)c2ccccc2O)cnc1NC(c1ccccc1)c1ccccc1. The number of nitrogens with zero attached hydrogens (tertiary/aromatic N) is 1. The lowest BCUT2D eigenvalue weighted by atomic mass is 9.98. The fraction of sp³-hybridized carbons (Fsp3) is 0.107. The summed E-state index contributed by atoms with van der Waals surface area (Å²) in [5, 5.41) is 13.4. The van der Waals surface area contributed by atoms with Crippen molar-refractivity contribution in [3.05, 3.63) is 125 Å². The van der Waals surface area contributed by atoms with Crippen molar-refractivity contribution < 1.29 is 19.4 Å². The van der Waals surface area contributed by atoms with Gasteiger partial charge in [0.25, 0.3) is 0 Å². The highest BCUT2D eigenvalue weighted by Gasteiger charge is 2.23. The van der Waals surface area contributed by atoms with Crippen LogP contribution in [0.1, 0.15) is 50.4 Å². The van der Waals surface area contributed by atoms with Crippen LogP contribution in [0.4, 0.5) is 5.82 Å². The highest BCUT2D eigenvalue weighted by molar-refractivity contribution is 6.11. The first kappa shape index (κ1) is 22.7. The zero-order chi connectivity index (χ0) is 23.9. The van der Waals surface area contributed by atoms with Crippen molar-refractivity contribution in [1.29, 1.82) is 0 Å². The Bertz CT molecular complexity index is 1250. The maximum absolute atomic E-state index is 13.0. The summed E-state index contributed by atoms with van der Waals surface area (Å²) in [6.45, 7) is 1.89. The maximum Gasteiger partial charge on any atom is 0.341 e. The quantitative estimate of drug-likeness (QED) is 0.275. The number of phenols is 1. The number of phenolic OH excluding ortho intramolecular Hbond substituents is 1. The predicted octanol–water partition coefficient (Wildman–Crippen LogP) is 5.40. The van der Waals surface area contributed by atoms with Crippen molar-refractivity contribution in [1.82, 2.24) is 4.98 Å². The molecule has 0 spiro atoms. The Morgan fingerprint density at radius 3 is 2.06 bits per heavy atom. The number of para-hydroxylation sites is 1. The van der Waals surface area contributed by atoms with Crippen LogP contribution in [-0.4, -0.2) is 28.4 Å². The van der Waals surface area contributed by atoms with Crippen molar-refractivity contribution in [2.45, 2.75) is 13.0 Å². The molecule has 0 aliphatic heterocycles. The number of carbonyl (C=O) groups is 2. The molecule has 6 nitrogen and oxygen atoms in total.